The second-order valence-electron chi connectivity index (χ2n) is 5.89. The van der Waals surface area contributed by atoms with Crippen LogP contribution in [0, 0.1) is 0 Å². The third-order valence-electron chi connectivity index (χ3n) is 4.64. The quantitative estimate of drug-likeness (QED) is 0.871. The molecule has 0 radical (unpaired) electrons. The molecule has 2 unspecified atom stereocenters. The summed E-state index contributed by atoms with van der Waals surface area (Å²) in [5.41, 5.74) is 3.31. The third kappa shape index (κ3) is 1.88. The van der Waals surface area contributed by atoms with Gasteiger partial charge >= 0.3 is 0 Å². The topological polar surface area (TPSA) is 38.3 Å². The molecule has 1 saturated heterocycles. The minimum absolute atomic E-state index is 0.0207. The molecule has 2 atom stereocenters. The van der Waals surface area contributed by atoms with E-state index in [1.54, 1.807) is 0 Å². The van der Waals surface area contributed by atoms with Gasteiger partial charge in [0.2, 0.25) is 5.91 Å². The van der Waals surface area contributed by atoms with Crippen molar-refractivity contribution in [2.75, 3.05) is 6.61 Å². The lowest BCUT2D eigenvalue weighted by atomic mass is 9.70. The lowest BCUT2D eigenvalue weighted by Crippen LogP contribution is -2.41. The van der Waals surface area contributed by atoms with Crippen LogP contribution >= 0.6 is 0 Å². The number of amides is 1. The maximum absolute atomic E-state index is 12.1. The molecule has 1 amide bonds. The van der Waals surface area contributed by atoms with E-state index in [1.807, 2.05) is 24.3 Å². The van der Waals surface area contributed by atoms with Gasteiger partial charge in [0.25, 0.3) is 0 Å². The zero-order chi connectivity index (χ0) is 14.3. The minimum atomic E-state index is -0.284. The molecule has 2 aliphatic heterocycles. The number of carbonyl (C=O) groups is 1. The number of carbonyl (C=O) groups excluding carboxylic acids is 1. The maximum atomic E-state index is 12.1. The summed E-state index contributed by atoms with van der Waals surface area (Å²) < 4.78 is 5.84. The van der Waals surface area contributed by atoms with Crippen molar-refractivity contribution in [2.45, 2.75) is 24.5 Å². The SMILES string of the molecule is O=C1CC2(COCc3ccccc32)C(c2ccccc2)N1. The average molecular weight is 279 g/mol. The highest BCUT2D eigenvalue weighted by Gasteiger charge is 2.51. The van der Waals surface area contributed by atoms with Gasteiger partial charge in [-0.15, -0.1) is 0 Å². The predicted molar refractivity (Wildman–Crippen MR) is 79.7 cm³/mol. The highest BCUT2D eigenvalue weighted by atomic mass is 16.5. The van der Waals surface area contributed by atoms with E-state index in [1.165, 1.54) is 11.1 Å². The predicted octanol–water partition coefficient (Wildman–Crippen LogP) is 2.72. The summed E-state index contributed by atoms with van der Waals surface area (Å²) in [6.07, 6.45) is 0.490. The molecule has 3 nitrogen and oxygen atoms in total. The van der Waals surface area contributed by atoms with E-state index in [9.17, 15) is 4.79 Å². The van der Waals surface area contributed by atoms with Crippen LogP contribution in [-0.2, 0) is 21.6 Å². The largest absolute Gasteiger partial charge is 0.376 e. The molecule has 0 aromatic heterocycles. The fraction of sp³-hybridized carbons (Fsp3) is 0.278. The molecule has 0 saturated carbocycles. The van der Waals surface area contributed by atoms with E-state index in [4.69, 9.17) is 4.74 Å². The Morgan fingerprint density at radius 3 is 2.67 bits per heavy atom. The molecule has 21 heavy (non-hydrogen) atoms. The zero-order valence-electron chi connectivity index (χ0n) is 11.7. The smallest absolute Gasteiger partial charge is 0.221 e. The van der Waals surface area contributed by atoms with E-state index in [0.29, 0.717) is 19.6 Å². The first-order valence-electron chi connectivity index (χ1n) is 7.30. The number of hydrogen-bond acceptors (Lipinski definition) is 2. The Morgan fingerprint density at radius 2 is 1.81 bits per heavy atom. The Labute approximate surface area is 123 Å². The molecule has 0 aliphatic carbocycles. The van der Waals surface area contributed by atoms with Crippen LogP contribution in [0.4, 0.5) is 0 Å². The van der Waals surface area contributed by atoms with Gasteiger partial charge in [0.05, 0.1) is 24.7 Å². The second kappa shape index (κ2) is 4.71. The number of hydrogen-bond donors (Lipinski definition) is 1. The summed E-state index contributed by atoms with van der Waals surface area (Å²) in [5, 5.41) is 3.15. The first-order valence-corrected chi connectivity index (χ1v) is 7.30. The number of ether oxygens (including phenoxy) is 1. The fourth-order valence-corrected chi connectivity index (χ4v) is 3.72. The lowest BCUT2D eigenvalue weighted by molar-refractivity contribution is -0.119. The van der Waals surface area contributed by atoms with E-state index < -0.39 is 0 Å². The Morgan fingerprint density at radius 1 is 1.05 bits per heavy atom. The van der Waals surface area contributed by atoms with Gasteiger partial charge in [-0.05, 0) is 16.7 Å². The van der Waals surface area contributed by atoms with Gasteiger partial charge in [-0.2, -0.15) is 0 Å². The number of benzene rings is 2. The van der Waals surface area contributed by atoms with Gasteiger partial charge in [0.1, 0.15) is 0 Å². The van der Waals surface area contributed by atoms with Crippen molar-refractivity contribution < 1.29 is 9.53 Å². The molecule has 1 spiro atoms. The molecule has 2 aromatic rings. The summed E-state index contributed by atoms with van der Waals surface area (Å²) in [4.78, 5) is 12.1. The van der Waals surface area contributed by atoms with Crippen LogP contribution in [0.5, 0.6) is 0 Å². The molecular weight excluding hydrogens is 262 g/mol. The lowest BCUT2D eigenvalue weighted by Gasteiger charge is -2.39. The fourth-order valence-electron chi connectivity index (χ4n) is 3.72. The molecule has 2 heterocycles. The Balaban J connectivity index is 1.88. The monoisotopic (exact) mass is 279 g/mol. The molecule has 2 aromatic carbocycles. The number of fused-ring (bicyclic) bond motifs is 2. The summed E-state index contributed by atoms with van der Waals surface area (Å²) >= 11 is 0. The highest BCUT2D eigenvalue weighted by Crippen LogP contribution is 2.47. The van der Waals surface area contributed by atoms with E-state index in [2.05, 4.69) is 35.6 Å². The summed E-state index contributed by atoms with van der Waals surface area (Å²) in [6, 6.07) is 18.5. The second-order valence-corrected chi connectivity index (χ2v) is 5.89. The van der Waals surface area contributed by atoms with Crippen LogP contribution in [0.25, 0.3) is 0 Å². The average Bonchev–Trinajstić information content (AvgIpc) is 2.86. The Bertz CT molecular complexity index is 683. The van der Waals surface area contributed by atoms with Crippen LogP contribution in [0.15, 0.2) is 54.6 Å². The van der Waals surface area contributed by atoms with Gasteiger partial charge in [-0.25, -0.2) is 0 Å². The summed E-state index contributed by atoms with van der Waals surface area (Å²) in [7, 11) is 0. The van der Waals surface area contributed by atoms with Crippen LogP contribution in [0.1, 0.15) is 29.2 Å². The van der Waals surface area contributed by atoms with E-state index >= 15 is 0 Å². The Hall–Kier alpha value is -2.13. The Kier molecular flexibility index (Phi) is 2.82. The van der Waals surface area contributed by atoms with Gasteiger partial charge in [0.15, 0.2) is 0 Å². The first kappa shape index (κ1) is 12.6. The molecule has 0 bridgehead atoms. The zero-order valence-corrected chi connectivity index (χ0v) is 11.7. The number of rotatable bonds is 1. The van der Waals surface area contributed by atoms with Crippen LogP contribution in [0.3, 0.4) is 0 Å². The van der Waals surface area contributed by atoms with Gasteiger partial charge in [0, 0.05) is 6.42 Å². The molecule has 2 aliphatic rings. The van der Waals surface area contributed by atoms with Crippen molar-refractivity contribution in [3.8, 4) is 0 Å². The minimum Gasteiger partial charge on any atom is -0.376 e. The molecule has 106 valence electrons. The molecular formula is C18H17NO2. The number of nitrogens with one attached hydrogen (secondary N) is 1. The van der Waals surface area contributed by atoms with Gasteiger partial charge in [-0.1, -0.05) is 54.6 Å². The first-order chi connectivity index (χ1) is 10.3. The van der Waals surface area contributed by atoms with Crippen molar-refractivity contribution >= 4 is 5.91 Å². The maximum Gasteiger partial charge on any atom is 0.221 e. The van der Waals surface area contributed by atoms with Crippen molar-refractivity contribution in [1.29, 1.82) is 0 Å². The van der Waals surface area contributed by atoms with Gasteiger partial charge < -0.3 is 10.1 Å². The normalized spacial score (nSPS) is 27.4. The molecule has 4 rings (SSSR count). The van der Waals surface area contributed by atoms with Crippen LogP contribution < -0.4 is 5.32 Å². The van der Waals surface area contributed by atoms with Crippen molar-refractivity contribution in [2.24, 2.45) is 0 Å². The van der Waals surface area contributed by atoms with Crippen molar-refractivity contribution in [3.05, 3.63) is 71.3 Å². The standard InChI is InChI=1S/C18H17NO2/c20-16-10-18(17(19-16)13-6-2-1-3-7-13)12-21-11-14-8-4-5-9-15(14)18/h1-9,17H,10-12H2,(H,19,20). The van der Waals surface area contributed by atoms with Gasteiger partial charge in [-0.3, -0.25) is 4.79 Å². The highest BCUT2D eigenvalue weighted by molar-refractivity contribution is 5.82. The molecule has 3 heteroatoms. The summed E-state index contributed by atoms with van der Waals surface area (Å²) in [5.74, 6) is 0.101. The van der Waals surface area contributed by atoms with E-state index in [-0.39, 0.29) is 17.4 Å². The molecule has 1 N–H and O–H groups in total. The van der Waals surface area contributed by atoms with Crippen LogP contribution in [0.2, 0.25) is 0 Å². The molecule has 1 fully saturated rings. The van der Waals surface area contributed by atoms with Crippen molar-refractivity contribution in [3.63, 3.8) is 0 Å². The third-order valence-corrected chi connectivity index (χ3v) is 4.64. The summed E-state index contributed by atoms with van der Waals surface area (Å²) in [6.45, 7) is 1.22. The van der Waals surface area contributed by atoms with Crippen LogP contribution in [-0.4, -0.2) is 12.5 Å². The van der Waals surface area contributed by atoms with Crippen molar-refractivity contribution in [1.82, 2.24) is 5.32 Å². The van der Waals surface area contributed by atoms with E-state index in [0.717, 1.165) is 5.56 Å².